The Bertz CT molecular complexity index is 916. The van der Waals surface area contributed by atoms with Crippen LogP contribution in [0.3, 0.4) is 0 Å². The molecule has 0 N–H and O–H groups in total. The number of hydrogen-bond donors (Lipinski definition) is 0. The van der Waals surface area contributed by atoms with E-state index in [9.17, 15) is 4.79 Å². The van der Waals surface area contributed by atoms with Crippen molar-refractivity contribution in [2.24, 2.45) is 0 Å². The summed E-state index contributed by atoms with van der Waals surface area (Å²) in [7, 11) is 3.17. The van der Waals surface area contributed by atoms with Crippen molar-refractivity contribution < 1.29 is 18.8 Å². The summed E-state index contributed by atoms with van der Waals surface area (Å²) in [5.41, 5.74) is 0.713. The molecule has 140 valence electrons. The van der Waals surface area contributed by atoms with Gasteiger partial charge in [0, 0.05) is 35.4 Å². The molecule has 3 heterocycles. The molecular formula is C19H19N3O4S. The van der Waals surface area contributed by atoms with Gasteiger partial charge in [-0.3, -0.25) is 4.79 Å². The van der Waals surface area contributed by atoms with Crippen molar-refractivity contribution in [1.82, 2.24) is 15.0 Å². The van der Waals surface area contributed by atoms with E-state index in [0.717, 1.165) is 0 Å². The van der Waals surface area contributed by atoms with Crippen LogP contribution in [0.2, 0.25) is 0 Å². The summed E-state index contributed by atoms with van der Waals surface area (Å²) in [6.07, 6.45) is 0.395. The van der Waals surface area contributed by atoms with Gasteiger partial charge >= 0.3 is 0 Å². The molecule has 3 aromatic rings. The first kappa shape index (κ1) is 17.5. The maximum absolute atomic E-state index is 12.3. The number of carbonyl (C=O) groups excluding carboxylic acids is 1. The molecule has 1 amide bonds. The Kier molecular flexibility index (Phi) is 4.81. The van der Waals surface area contributed by atoms with Gasteiger partial charge in [0.1, 0.15) is 11.5 Å². The molecule has 1 aliphatic rings. The molecule has 4 rings (SSSR count). The van der Waals surface area contributed by atoms with Crippen LogP contribution in [-0.4, -0.2) is 41.7 Å². The lowest BCUT2D eigenvalue weighted by Gasteiger charge is -2.14. The molecule has 0 radical (unpaired) electrons. The van der Waals surface area contributed by atoms with Crippen LogP contribution >= 0.6 is 11.3 Å². The third-order valence-corrected chi connectivity index (χ3v) is 5.41. The second kappa shape index (κ2) is 7.40. The molecule has 8 heteroatoms. The number of benzene rings is 1. The van der Waals surface area contributed by atoms with Crippen molar-refractivity contribution in [1.29, 1.82) is 0 Å². The summed E-state index contributed by atoms with van der Waals surface area (Å²) < 4.78 is 16.0. The molecule has 0 bridgehead atoms. The number of ether oxygens (including phenoxy) is 2. The lowest BCUT2D eigenvalue weighted by molar-refractivity contribution is -0.128. The van der Waals surface area contributed by atoms with Gasteiger partial charge in [0.15, 0.2) is 5.82 Å². The Hall–Kier alpha value is -2.87. The Labute approximate surface area is 160 Å². The Morgan fingerprint density at radius 1 is 1.26 bits per heavy atom. The van der Waals surface area contributed by atoms with E-state index in [1.54, 1.807) is 31.6 Å². The second-order valence-electron chi connectivity index (χ2n) is 6.31. The number of likely N-dealkylation sites (tertiary alicyclic amines) is 1. The minimum absolute atomic E-state index is 0.0672. The number of thiophene rings is 1. The van der Waals surface area contributed by atoms with Crippen LogP contribution in [0, 0.1) is 0 Å². The van der Waals surface area contributed by atoms with Crippen LogP contribution in [0.1, 0.15) is 23.0 Å². The van der Waals surface area contributed by atoms with Gasteiger partial charge in [-0.05, 0) is 23.6 Å². The van der Waals surface area contributed by atoms with Gasteiger partial charge in [-0.1, -0.05) is 11.2 Å². The zero-order valence-corrected chi connectivity index (χ0v) is 15.9. The van der Waals surface area contributed by atoms with Gasteiger partial charge in [-0.15, -0.1) is 11.3 Å². The topological polar surface area (TPSA) is 77.7 Å². The number of aromatic nitrogens is 2. The van der Waals surface area contributed by atoms with Gasteiger partial charge in [0.05, 0.1) is 20.8 Å². The molecule has 7 nitrogen and oxygen atoms in total. The first-order chi connectivity index (χ1) is 13.2. The fourth-order valence-electron chi connectivity index (χ4n) is 3.14. The number of hydrogen-bond acceptors (Lipinski definition) is 7. The third-order valence-electron chi connectivity index (χ3n) is 4.55. The van der Waals surface area contributed by atoms with Crippen LogP contribution in [0.5, 0.6) is 11.5 Å². The van der Waals surface area contributed by atoms with Crippen LogP contribution in [0.15, 0.2) is 40.2 Å². The third kappa shape index (κ3) is 3.66. The van der Waals surface area contributed by atoms with Gasteiger partial charge in [0.25, 0.3) is 5.89 Å². The van der Waals surface area contributed by atoms with E-state index in [4.69, 9.17) is 14.0 Å². The average Bonchev–Trinajstić information content (AvgIpc) is 3.43. The number of nitrogens with zero attached hydrogens (tertiary/aromatic N) is 3. The zero-order valence-electron chi connectivity index (χ0n) is 15.0. The van der Waals surface area contributed by atoms with E-state index in [2.05, 4.69) is 10.1 Å². The molecule has 0 aliphatic carbocycles. The largest absolute Gasteiger partial charge is 0.497 e. The minimum Gasteiger partial charge on any atom is -0.497 e. The molecule has 1 aliphatic heterocycles. The van der Waals surface area contributed by atoms with E-state index in [-0.39, 0.29) is 11.8 Å². The average molecular weight is 385 g/mol. The lowest BCUT2D eigenvalue weighted by Crippen LogP contribution is -2.23. The van der Waals surface area contributed by atoms with E-state index in [0.29, 0.717) is 48.3 Å². The van der Waals surface area contributed by atoms with Crippen molar-refractivity contribution in [3.05, 3.63) is 46.4 Å². The Morgan fingerprint density at radius 3 is 2.70 bits per heavy atom. The predicted molar refractivity (Wildman–Crippen MR) is 99.9 cm³/mol. The number of amides is 1. The predicted octanol–water partition coefficient (Wildman–Crippen LogP) is 3.33. The first-order valence-electron chi connectivity index (χ1n) is 8.53. The van der Waals surface area contributed by atoms with Crippen LogP contribution in [-0.2, 0) is 11.3 Å². The fourth-order valence-corrected chi connectivity index (χ4v) is 3.86. The van der Waals surface area contributed by atoms with Gasteiger partial charge in [-0.25, -0.2) is 0 Å². The summed E-state index contributed by atoms with van der Waals surface area (Å²) in [5, 5.41) is 6.12. The number of carbonyl (C=O) groups is 1. The van der Waals surface area contributed by atoms with Gasteiger partial charge in [0.2, 0.25) is 5.91 Å². The maximum atomic E-state index is 12.3. The quantitative estimate of drug-likeness (QED) is 0.648. The molecule has 1 fully saturated rings. The second-order valence-corrected chi connectivity index (χ2v) is 7.35. The molecule has 1 aromatic carbocycles. The molecule has 1 saturated heterocycles. The van der Waals surface area contributed by atoms with E-state index >= 15 is 0 Å². The summed E-state index contributed by atoms with van der Waals surface area (Å²) in [4.78, 5) is 19.9. The maximum Gasteiger partial charge on any atom is 0.258 e. The van der Waals surface area contributed by atoms with E-state index < -0.39 is 0 Å². The van der Waals surface area contributed by atoms with Crippen molar-refractivity contribution in [3.63, 3.8) is 0 Å². The molecule has 1 atom stereocenters. The highest BCUT2D eigenvalue weighted by atomic mass is 32.1. The van der Waals surface area contributed by atoms with Gasteiger partial charge < -0.3 is 18.9 Å². The highest BCUT2D eigenvalue weighted by Gasteiger charge is 2.34. The molecule has 1 unspecified atom stereocenters. The smallest absolute Gasteiger partial charge is 0.258 e. The molecular weight excluding hydrogens is 366 g/mol. The van der Waals surface area contributed by atoms with Crippen molar-refractivity contribution in [3.8, 4) is 23.0 Å². The summed E-state index contributed by atoms with van der Waals surface area (Å²) >= 11 is 1.65. The highest BCUT2D eigenvalue weighted by molar-refractivity contribution is 7.09. The standard InChI is InChI=1S/C19H19N3O4S/c1-24-14-6-12(7-15(9-14)25-2)19-20-18(21-26-19)13-8-17(23)22(10-13)11-16-4-3-5-27-16/h3-7,9,13H,8,10-11H2,1-2H3. The highest BCUT2D eigenvalue weighted by Crippen LogP contribution is 2.32. The molecule has 0 saturated carbocycles. The number of rotatable bonds is 6. The zero-order chi connectivity index (χ0) is 18.8. The normalized spacial score (nSPS) is 16.7. The monoisotopic (exact) mass is 385 g/mol. The number of methoxy groups -OCH3 is 2. The summed E-state index contributed by atoms with van der Waals surface area (Å²) in [5.74, 6) is 2.26. The first-order valence-corrected chi connectivity index (χ1v) is 9.41. The SMILES string of the molecule is COc1cc(OC)cc(-c2nc(C3CC(=O)N(Cc4cccs4)C3)no2)c1. The van der Waals surface area contributed by atoms with Crippen molar-refractivity contribution in [2.75, 3.05) is 20.8 Å². The summed E-state index contributed by atoms with van der Waals surface area (Å²) in [6, 6.07) is 9.42. The molecule has 2 aromatic heterocycles. The van der Waals surface area contributed by atoms with Crippen molar-refractivity contribution in [2.45, 2.75) is 18.9 Å². The Morgan fingerprint density at radius 2 is 2.04 bits per heavy atom. The minimum atomic E-state index is -0.0672. The van der Waals surface area contributed by atoms with Crippen molar-refractivity contribution >= 4 is 17.2 Å². The van der Waals surface area contributed by atoms with Crippen LogP contribution < -0.4 is 9.47 Å². The van der Waals surface area contributed by atoms with E-state index in [1.165, 1.54) is 4.88 Å². The Balaban J connectivity index is 1.52. The lowest BCUT2D eigenvalue weighted by atomic mass is 10.1. The molecule has 0 spiro atoms. The van der Waals surface area contributed by atoms with Crippen LogP contribution in [0.25, 0.3) is 11.5 Å². The fraction of sp³-hybridized carbons (Fsp3) is 0.316. The van der Waals surface area contributed by atoms with E-state index in [1.807, 2.05) is 34.5 Å². The van der Waals surface area contributed by atoms with Gasteiger partial charge in [-0.2, -0.15) is 4.98 Å². The molecule has 27 heavy (non-hydrogen) atoms. The van der Waals surface area contributed by atoms with Crippen LogP contribution in [0.4, 0.5) is 0 Å². The summed E-state index contributed by atoms with van der Waals surface area (Å²) in [6.45, 7) is 1.22.